The molecule has 0 bridgehead atoms. The number of aryl methyl sites for hydroxylation is 1. The maximum atomic E-state index is 12.9. The van der Waals surface area contributed by atoms with Crippen molar-refractivity contribution in [1.29, 1.82) is 0 Å². The Morgan fingerprint density at radius 1 is 1.39 bits per heavy atom. The third-order valence-corrected chi connectivity index (χ3v) is 5.99. The molecule has 1 fully saturated rings. The van der Waals surface area contributed by atoms with Crippen LogP contribution >= 0.6 is 11.3 Å². The lowest BCUT2D eigenvalue weighted by molar-refractivity contribution is 0.0688. The minimum atomic E-state index is 0.186. The van der Waals surface area contributed by atoms with Crippen molar-refractivity contribution in [2.75, 3.05) is 13.1 Å². The molecule has 1 aromatic heterocycles. The topological polar surface area (TPSA) is 29.5 Å². The summed E-state index contributed by atoms with van der Waals surface area (Å²) < 4.78 is 5.87. The van der Waals surface area contributed by atoms with Gasteiger partial charge < -0.3 is 9.64 Å². The molecule has 1 amide bonds. The quantitative estimate of drug-likeness (QED) is 0.772. The fourth-order valence-electron chi connectivity index (χ4n) is 3.59. The summed E-state index contributed by atoms with van der Waals surface area (Å²) >= 11 is 1.62. The number of hydrogen-bond donors (Lipinski definition) is 0. The molecule has 0 radical (unpaired) electrons. The van der Waals surface area contributed by atoms with Gasteiger partial charge in [-0.25, -0.2) is 0 Å². The molecule has 4 rings (SSSR count). The first-order chi connectivity index (χ1) is 11.1. The number of thiophene rings is 1. The lowest BCUT2D eigenvalue weighted by Gasteiger charge is -2.30. The third kappa shape index (κ3) is 2.55. The normalized spacial score (nSPS) is 19.7. The molecule has 1 saturated heterocycles. The number of piperidine rings is 1. The van der Waals surface area contributed by atoms with Gasteiger partial charge in [-0.3, -0.25) is 4.79 Å². The molecule has 4 heteroatoms. The molecular weight excluding hydrogens is 306 g/mol. The number of carbonyl (C=O) groups excluding carboxylic acids is 1. The first-order valence-corrected chi connectivity index (χ1v) is 9.10. The maximum Gasteiger partial charge on any atom is 0.263 e. The highest BCUT2D eigenvalue weighted by Gasteiger charge is 2.27. The van der Waals surface area contributed by atoms with Crippen LogP contribution in [0.5, 0.6) is 5.75 Å². The molecule has 0 saturated carbocycles. The Morgan fingerprint density at radius 2 is 2.26 bits per heavy atom. The summed E-state index contributed by atoms with van der Waals surface area (Å²) in [5, 5.41) is 0. The molecule has 23 heavy (non-hydrogen) atoms. The van der Waals surface area contributed by atoms with Crippen molar-refractivity contribution in [1.82, 2.24) is 4.90 Å². The molecule has 1 aromatic carbocycles. The summed E-state index contributed by atoms with van der Waals surface area (Å²) in [6.07, 6.45) is 2.34. The summed E-state index contributed by atoms with van der Waals surface area (Å²) in [4.78, 5) is 16.9. The van der Waals surface area contributed by atoms with Gasteiger partial charge in [0.05, 0.1) is 4.88 Å². The Hall–Kier alpha value is -1.81. The minimum absolute atomic E-state index is 0.186. The molecular formula is C19H21NO2S. The van der Waals surface area contributed by atoms with Gasteiger partial charge in [-0.05, 0) is 43.4 Å². The molecule has 0 spiro atoms. The smallest absolute Gasteiger partial charge is 0.263 e. The molecule has 0 unspecified atom stereocenters. The molecule has 3 nitrogen and oxygen atoms in total. The molecule has 2 aliphatic heterocycles. The number of hydrogen-bond acceptors (Lipinski definition) is 3. The monoisotopic (exact) mass is 327 g/mol. The van der Waals surface area contributed by atoms with Crippen molar-refractivity contribution >= 4 is 17.2 Å². The number of nitrogens with zero attached hydrogens (tertiary/aromatic N) is 1. The zero-order valence-corrected chi connectivity index (χ0v) is 14.4. The molecule has 2 aromatic rings. The Bertz CT molecular complexity index is 765. The van der Waals surface area contributed by atoms with Crippen LogP contribution in [-0.4, -0.2) is 23.9 Å². The van der Waals surface area contributed by atoms with Gasteiger partial charge in [0.2, 0.25) is 0 Å². The highest BCUT2D eigenvalue weighted by Crippen LogP contribution is 2.44. The maximum absolute atomic E-state index is 12.9. The highest BCUT2D eigenvalue weighted by atomic mass is 32.1. The number of likely N-dealkylation sites (tertiary alicyclic amines) is 1. The molecule has 120 valence electrons. The van der Waals surface area contributed by atoms with Crippen LogP contribution in [0.3, 0.4) is 0 Å². The van der Waals surface area contributed by atoms with Gasteiger partial charge in [-0.2, -0.15) is 0 Å². The summed E-state index contributed by atoms with van der Waals surface area (Å²) in [5.74, 6) is 1.73. The van der Waals surface area contributed by atoms with Crippen LogP contribution in [0.2, 0.25) is 0 Å². The van der Waals surface area contributed by atoms with E-state index in [1.165, 1.54) is 16.9 Å². The Balaban J connectivity index is 1.69. The van der Waals surface area contributed by atoms with Gasteiger partial charge in [0.1, 0.15) is 12.4 Å². The fraction of sp³-hybridized carbons (Fsp3) is 0.421. The van der Waals surface area contributed by atoms with Crippen LogP contribution in [0, 0.1) is 12.8 Å². The van der Waals surface area contributed by atoms with Crippen LogP contribution in [-0.2, 0) is 6.61 Å². The second-order valence-electron chi connectivity index (χ2n) is 6.70. The number of rotatable bonds is 1. The van der Waals surface area contributed by atoms with E-state index in [2.05, 4.69) is 19.9 Å². The van der Waals surface area contributed by atoms with E-state index in [9.17, 15) is 4.79 Å². The van der Waals surface area contributed by atoms with E-state index < -0.39 is 0 Å². The fourth-order valence-corrected chi connectivity index (χ4v) is 4.84. The average molecular weight is 327 g/mol. The van der Waals surface area contributed by atoms with Crippen molar-refractivity contribution < 1.29 is 9.53 Å². The van der Waals surface area contributed by atoms with Gasteiger partial charge in [-0.15, -0.1) is 11.3 Å². The Labute approximate surface area is 140 Å². The van der Waals surface area contributed by atoms with E-state index in [0.29, 0.717) is 12.5 Å². The Morgan fingerprint density at radius 3 is 3.09 bits per heavy atom. The number of benzene rings is 1. The van der Waals surface area contributed by atoms with E-state index in [1.807, 2.05) is 23.1 Å². The zero-order valence-electron chi connectivity index (χ0n) is 13.6. The summed E-state index contributed by atoms with van der Waals surface area (Å²) in [6.45, 7) is 6.66. The van der Waals surface area contributed by atoms with Crippen LogP contribution in [0.15, 0.2) is 24.3 Å². The van der Waals surface area contributed by atoms with Gasteiger partial charge in [0.25, 0.3) is 5.91 Å². The van der Waals surface area contributed by atoms with E-state index in [1.54, 1.807) is 11.3 Å². The lowest BCUT2D eigenvalue weighted by Crippen LogP contribution is -2.38. The van der Waals surface area contributed by atoms with Crippen molar-refractivity contribution in [3.05, 3.63) is 40.3 Å². The summed E-state index contributed by atoms with van der Waals surface area (Å²) in [5.41, 5.74) is 3.51. The number of ether oxygens (including phenoxy) is 1. The van der Waals surface area contributed by atoms with E-state index in [-0.39, 0.29) is 5.91 Å². The van der Waals surface area contributed by atoms with Gasteiger partial charge in [-0.1, -0.05) is 19.1 Å². The Kier molecular flexibility index (Phi) is 3.64. The van der Waals surface area contributed by atoms with Crippen LogP contribution < -0.4 is 4.74 Å². The van der Waals surface area contributed by atoms with Gasteiger partial charge in [0, 0.05) is 29.1 Å². The van der Waals surface area contributed by atoms with Gasteiger partial charge >= 0.3 is 0 Å². The van der Waals surface area contributed by atoms with E-state index >= 15 is 0 Å². The standard InChI is InChI=1S/C19H21NO2S/c1-12-5-4-8-20(10-12)19(21)16-9-14-11-22-15-7-3-6-13(2)17(15)18(14)23-16/h3,6-7,9,12H,4-5,8,10-11H2,1-2H3/t12-/m0/s1. The third-order valence-electron chi connectivity index (χ3n) is 4.81. The van der Waals surface area contributed by atoms with Crippen LogP contribution in [0.4, 0.5) is 0 Å². The van der Waals surface area contributed by atoms with Crippen molar-refractivity contribution in [3.8, 4) is 16.2 Å². The predicted molar refractivity (Wildman–Crippen MR) is 93.1 cm³/mol. The summed E-state index contributed by atoms with van der Waals surface area (Å²) in [6, 6.07) is 8.18. The molecule has 2 aliphatic rings. The lowest BCUT2D eigenvalue weighted by atomic mass is 10.00. The predicted octanol–water partition coefficient (Wildman–Crippen LogP) is 4.49. The number of amides is 1. The first kappa shape index (κ1) is 14.8. The van der Waals surface area contributed by atoms with Crippen LogP contribution in [0.1, 0.15) is 40.6 Å². The highest BCUT2D eigenvalue weighted by molar-refractivity contribution is 7.17. The van der Waals surface area contributed by atoms with Crippen molar-refractivity contribution in [2.45, 2.75) is 33.3 Å². The largest absolute Gasteiger partial charge is 0.488 e. The zero-order chi connectivity index (χ0) is 16.0. The van der Waals surface area contributed by atoms with Crippen molar-refractivity contribution in [3.63, 3.8) is 0 Å². The second kappa shape index (κ2) is 5.68. The number of fused-ring (bicyclic) bond motifs is 3. The average Bonchev–Trinajstić information content (AvgIpc) is 2.98. The van der Waals surface area contributed by atoms with E-state index in [0.717, 1.165) is 41.3 Å². The van der Waals surface area contributed by atoms with Gasteiger partial charge in [0.15, 0.2) is 0 Å². The first-order valence-electron chi connectivity index (χ1n) is 8.28. The molecule has 0 aliphatic carbocycles. The molecule has 3 heterocycles. The summed E-state index contributed by atoms with van der Waals surface area (Å²) in [7, 11) is 0. The molecule has 1 atom stereocenters. The minimum Gasteiger partial charge on any atom is -0.488 e. The second-order valence-corrected chi connectivity index (χ2v) is 7.75. The van der Waals surface area contributed by atoms with Crippen molar-refractivity contribution in [2.24, 2.45) is 5.92 Å². The SMILES string of the molecule is Cc1cccc2c1-c1sc(C(=O)N3CCC[C@H](C)C3)cc1CO2. The van der Waals surface area contributed by atoms with E-state index in [4.69, 9.17) is 4.74 Å². The van der Waals surface area contributed by atoms with Crippen LogP contribution in [0.25, 0.3) is 10.4 Å². The number of carbonyl (C=O) groups is 1. The molecule has 0 N–H and O–H groups in total.